The van der Waals surface area contributed by atoms with Crippen molar-refractivity contribution < 1.29 is 35.8 Å². The van der Waals surface area contributed by atoms with Crippen LogP contribution in [0.5, 0.6) is 23.0 Å². The van der Waals surface area contributed by atoms with Crippen LogP contribution in [0.3, 0.4) is 0 Å². The first-order chi connectivity index (χ1) is 25.2. The molecule has 278 valence electrons. The van der Waals surface area contributed by atoms with E-state index in [0.29, 0.717) is 37.1 Å². The van der Waals surface area contributed by atoms with Crippen LogP contribution >= 0.6 is 0 Å². The van der Waals surface area contributed by atoms with Gasteiger partial charge in [0.05, 0.1) is 11.1 Å². The summed E-state index contributed by atoms with van der Waals surface area (Å²) in [6.07, 6.45) is -3.49. The van der Waals surface area contributed by atoms with E-state index in [9.17, 15) is 26.3 Å². The molecule has 0 atom stereocenters. The number of halogens is 6. The summed E-state index contributed by atoms with van der Waals surface area (Å²) in [5.74, 6) is -0.418. The summed E-state index contributed by atoms with van der Waals surface area (Å²) in [5.41, 5.74) is 12.0. The fourth-order valence-electron chi connectivity index (χ4n) is 7.33. The molecule has 10 heteroatoms. The molecular formula is C43H42F6N2O2. The van der Waals surface area contributed by atoms with E-state index in [4.69, 9.17) is 20.9 Å². The fraction of sp³-hybridized carbons (Fsp3) is 0.302. The van der Waals surface area contributed by atoms with Gasteiger partial charge in [-0.2, -0.15) is 26.3 Å². The van der Waals surface area contributed by atoms with Crippen molar-refractivity contribution >= 4 is 11.4 Å². The van der Waals surface area contributed by atoms with Crippen LogP contribution in [0.1, 0.15) is 91.2 Å². The average molecular weight is 733 g/mol. The van der Waals surface area contributed by atoms with E-state index in [1.807, 2.05) is 0 Å². The fourth-order valence-corrected chi connectivity index (χ4v) is 7.33. The maximum Gasteiger partial charge on any atom is 0.419 e. The SMILES string of the molecule is CCCCCc1ccc(C2CCC(c3ccc(Oc4ccc(N)cc4)c(C(F)(F)F)c3)(c3ccc(Oc4ccc(N)cc4)c(C(F)(F)F)c3)CC2)cc1. The van der Waals surface area contributed by atoms with Gasteiger partial charge in [-0.15, -0.1) is 0 Å². The third-order valence-corrected chi connectivity index (χ3v) is 10.3. The summed E-state index contributed by atoms with van der Waals surface area (Å²) in [6.45, 7) is 2.16. The largest absolute Gasteiger partial charge is 0.457 e. The standard InChI is InChI=1S/C43H42F6N2O2/c1-2-3-4-5-28-6-8-29(9-7-28)30-22-24-41(25-23-30,31-10-20-39(37(26-31)42(44,45)46)52-35-16-12-33(50)13-17-35)32-11-21-40(38(27-32)43(47,48)49)53-36-18-14-34(51)15-19-36/h6-21,26-27,30H,2-5,22-25,50-51H2,1H3. The van der Waals surface area contributed by atoms with Crippen molar-refractivity contribution in [3.63, 3.8) is 0 Å². The molecule has 53 heavy (non-hydrogen) atoms. The molecule has 0 radical (unpaired) electrons. The van der Waals surface area contributed by atoms with E-state index >= 15 is 0 Å². The number of benzene rings is 5. The number of hydrogen-bond donors (Lipinski definition) is 2. The van der Waals surface area contributed by atoms with Crippen LogP contribution in [0.4, 0.5) is 37.7 Å². The zero-order valence-corrected chi connectivity index (χ0v) is 29.4. The van der Waals surface area contributed by atoms with Crippen molar-refractivity contribution in [1.29, 1.82) is 0 Å². The molecule has 0 amide bonds. The number of rotatable bonds is 11. The van der Waals surface area contributed by atoms with E-state index in [1.165, 1.54) is 66.2 Å². The van der Waals surface area contributed by atoms with Crippen molar-refractivity contribution in [2.45, 2.75) is 82.0 Å². The zero-order chi connectivity index (χ0) is 37.8. The first-order valence-corrected chi connectivity index (χ1v) is 17.8. The number of nitrogen functional groups attached to an aromatic ring is 2. The molecular weight excluding hydrogens is 690 g/mol. The Hall–Kier alpha value is -5.12. The number of ether oxygens (including phenoxy) is 2. The lowest BCUT2D eigenvalue weighted by molar-refractivity contribution is -0.139. The van der Waals surface area contributed by atoms with Crippen LogP contribution in [0, 0.1) is 0 Å². The van der Waals surface area contributed by atoms with Crippen LogP contribution < -0.4 is 20.9 Å². The van der Waals surface area contributed by atoms with Gasteiger partial charge in [-0.3, -0.25) is 0 Å². The van der Waals surface area contributed by atoms with Gasteiger partial charge in [0, 0.05) is 16.8 Å². The molecule has 0 spiro atoms. The van der Waals surface area contributed by atoms with Gasteiger partial charge in [0.15, 0.2) is 0 Å². The summed E-state index contributed by atoms with van der Waals surface area (Å²) < 4.78 is 99.8. The lowest BCUT2D eigenvalue weighted by Crippen LogP contribution is -2.33. The Kier molecular flexibility index (Phi) is 11.0. The Bertz CT molecular complexity index is 1870. The minimum Gasteiger partial charge on any atom is -0.457 e. The van der Waals surface area contributed by atoms with Crippen LogP contribution in [0.25, 0.3) is 0 Å². The second-order valence-electron chi connectivity index (χ2n) is 13.8. The van der Waals surface area contributed by atoms with Gasteiger partial charge in [0.1, 0.15) is 23.0 Å². The van der Waals surface area contributed by atoms with Crippen molar-refractivity contribution in [3.05, 3.63) is 143 Å². The van der Waals surface area contributed by atoms with Gasteiger partial charge >= 0.3 is 12.4 Å². The molecule has 4 N–H and O–H groups in total. The molecule has 5 aromatic carbocycles. The molecule has 0 aliphatic heterocycles. The third kappa shape index (κ3) is 8.75. The lowest BCUT2D eigenvalue weighted by atomic mass is 9.62. The van der Waals surface area contributed by atoms with E-state index < -0.39 is 40.4 Å². The Balaban J connectivity index is 1.40. The number of alkyl halides is 6. The van der Waals surface area contributed by atoms with Crippen LogP contribution in [-0.4, -0.2) is 0 Å². The molecule has 0 saturated heterocycles. The number of unbranched alkanes of at least 4 members (excludes halogenated alkanes) is 2. The minimum absolute atomic E-state index is 0.0956. The highest BCUT2D eigenvalue weighted by Gasteiger charge is 2.44. The quantitative estimate of drug-likeness (QED) is 0.0806. The smallest absolute Gasteiger partial charge is 0.419 e. The number of hydrogen-bond acceptors (Lipinski definition) is 4. The summed E-state index contributed by atoms with van der Waals surface area (Å²) in [7, 11) is 0. The van der Waals surface area contributed by atoms with Gasteiger partial charge in [0.25, 0.3) is 0 Å². The Morgan fingerprint density at radius 3 is 1.47 bits per heavy atom. The summed E-state index contributed by atoms with van der Waals surface area (Å²) in [5, 5.41) is 0. The maximum atomic E-state index is 14.7. The molecule has 5 aromatic rings. The number of anilines is 2. The molecule has 0 unspecified atom stereocenters. The summed E-state index contributed by atoms with van der Waals surface area (Å²) >= 11 is 0. The molecule has 0 aromatic heterocycles. The molecule has 0 bridgehead atoms. The molecule has 1 saturated carbocycles. The molecule has 6 rings (SSSR count). The highest BCUT2D eigenvalue weighted by Crippen LogP contribution is 2.52. The average Bonchev–Trinajstić information content (AvgIpc) is 3.13. The molecule has 0 heterocycles. The Morgan fingerprint density at radius 1 is 0.604 bits per heavy atom. The molecule has 4 nitrogen and oxygen atoms in total. The van der Waals surface area contributed by atoms with Crippen molar-refractivity contribution in [3.8, 4) is 23.0 Å². The summed E-state index contributed by atoms with van der Waals surface area (Å²) in [6, 6.07) is 28.1. The monoisotopic (exact) mass is 732 g/mol. The second kappa shape index (κ2) is 15.5. The first kappa shape index (κ1) is 37.6. The first-order valence-electron chi connectivity index (χ1n) is 17.8. The minimum atomic E-state index is -4.82. The topological polar surface area (TPSA) is 70.5 Å². The van der Waals surface area contributed by atoms with Crippen molar-refractivity contribution in [2.75, 3.05) is 11.5 Å². The number of aryl methyl sites for hydroxylation is 1. The Morgan fingerprint density at radius 2 is 1.06 bits per heavy atom. The van der Waals surface area contributed by atoms with E-state index in [1.54, 1.807) is 12.1 Å². The Labute approximate surface area is 305 Å². The summed E-state index contributed by atoms with van der Waals surface area (Å²) in [4.78, 5) is 0. The normalized spacial score (nSPS) is 14.9. The highest BCUT2D eigenvalue weighted by atomic mass is 19.4. The predicted octanol–water partition coefficient (Wildman–Crippen LogP) is 12.8. The van der Waals surface area contributed by atoms with Gasteiger partial charge in [0.2, 0.25) is 0 Å². The van der Waals surface area contributed by atoms with Crippen molar-refractivity contribution in [1.82, 2.24) is 0 Å². The molecule has 1 aliphatic carbocycles. The predicted molar refractivity (Wildman–Crippen MR) is 196 cm³/mol. The van der Waals surface area contributed by atoms with E-state index in [2.05, 4.69) is 31.2 Å². The van der Waals surface area contributed by atoms with E-state index in [-0.39, 0.29) is 28.5 Å². The maximum absolute atomic E-state index is 14.7. The van der Waals surface area contributed by atoms with Gasteiger partial charge in [-0.25, -0.2) is 0 Å². The van der Waals surface area contributed by atoms with Gasteiger partial charge in [-0.1, -0.05) is 56.2 Å². The van der Waals surface area contributed by atoms with E-state index in [0.717, 1.165) is 43.4 Å². The van der Waals surface area contributed by atoms with Crippen LogP contribution in [-0.2, 0) is 24.2 Å². The highest BCUT2D eigenvalue weighted by molar-refractivity contribution is 5.53. The number of nitrogens with two attached hydrogens (primary N) is 2. The van der Waals surface area contributed by atoms with Gasteiger partial charge in [-0.05, 0) is 139 Å². The lowest BCUT2D eigenvalue weighted by Gasteiger charge is -2.42. The van der Waals surface area contributed by atoms with Gasteiger partial charge < -0.3 is 20.9 Å². The van der Waals surface area contributed by atoms with Crippen molar-refractivity contribution in [2.24, 2.45) is 0 Å². The van der Waals surface area contributed by atoms with Crippen LogP contribution in [0.15, 0.2) is 109 Å². The molecule has 1 aliphatic rings. The third-order valence-electron chi connectivity index (χ3n) is 10.3. The zero-order valence-electron chi connectivity index (χ0n) is 29.4. The van der Waals surface area contributed by atoms with Crippen LogP contribution in [0.2, 0.25) is 0 Å². The molecule has 1 fully saturated rings. The second-order valence-corrected chi connectivity index (χ2v) is 13.8.